The van der Waals surface area contributed by atoms with Crippen molar-refractivity contribution < 1.29 is 14.3 Å². The lowest BCUT2D eigenvalue weighted by molar-refractivity contribution is -0.116. The van der Waals surface area contributed by atoms with E-state index < -0.39 is 0 Å². The standard InChI is InChI=1S/C19H23ClN4O3/c1-26-16-10-9-15(12-17(16)27-2)24-19(21)22-11-3-4-18(25)23-14-7-5-13(20)6-8-14/h5-10,12H,3-4,11H2,1-2H3,(H,23,25)(H3,21,22,24). The summed E-state index contributed by atoms with van der Waals surface area (Å²) in [7, 11) is 3.14. The van der Waals surface area contributed by atoms with Crippen LogP contribution in [0.5, 0.6) is 11.5 Å². The maximum Gasteiger partial charge on any atom is 0.224 e. The first-order valence-corrected chi connectivity index (χ1v) is 8.74. The zero-order valence-electron chi connectivity index (χ0n) is 15.3. The van der Waals surface area contributed by atoms with Crippen LogP contribution in [0, 0.1) is 0 Å². The summed E-state index contributed by atoms with van der Waals surface area (Å²) in [6, 6.07) is 12.3. The molecule has 0 spiro atoms. The van der Waals surface area contributed by atoms with Crippen LogP contribution in [0.3, 0.4) is 0 Å². The molecule has 0 aromatic heterocycles. The van der Waals surface area contributed by atoms with Gasteiger partial charge in [-0.2, -0.15) is 0 Å². The number of carbonyl (C=O) groups excluding carboxylic acids is 1. The zero-order valence-corrected chi connectivity index (χ0v) is 16.0. The van der Waals surface area contributed by atoms with Crippen LogP contribution >= 0.6 is 11.6 Å². The van der Waals surface area contributed by atoms with Gasteiger partial charge in [-0.1, -0.05) is 11.6 Å². The Labute approximate surface area is 163 Å². The van der Waals surface area contributed by atoms with E-state index in [4.69, 9.17) is 26.8 Å². The fourth-order valence-electron chi connectivity index (χ4n) is 2.30. The minimum atomic E-state index is -0.0843. The summed E-state index contributed by atoms with van der Waals surface area (Å²) < 4.78 is 10.4. The molecule has 8 heteroatoms. The van der Waals surface area contributed by atoms with Gasteiger partial charge in [-0.05, 0) is 42.8 Å². The monoisotopic (exact) mass is 390 g/mol. The van der Waals surface area contributed by atoms with E-state index in [1.54, 1.807) is 50.6 Å². The maximum absolute atomic E-state index is 11.9. The van der Waals surface area contributed by atoms with E-state index in [2.05, 4.69) is 15.6 Å². The highest BCUT2D eigenvalue weighted by Gasteiger charge is 2.05. The second-order valence-corrected chi connectivity index (χ2v) is 6.06. The van der Waals surface area contributed by atoms with Gasteiger partial charge >= 0.3 is 0 Å². The van der Waals surface area contributed by atoms with Gasteiger partial charge in [-0.15, -0.1) is 0 Å². The third-order valence-corrected chi connectivity index (χ3v) is 3.88. The van der Waals surface area contributed by atoms with E-state index in [-0.39, 0.29) is 11.9 Å². The molecule has 0 aliphatic carbocycles. The Bertz CT molecular complexity index is 794. The topological polar surface area (TPSA) is 98.0 Å². The number of anilines is 2. The van der Waals surface area contributed by atoms with Gasteiger partial charge in [-0.3, -0.25) is 9.79 Å². The highest BCUT2D eigenvalue weighted by Crippen LogP contribution is 2.29. The van der Waals surface area contributed by atoms with Crippen molar-refractivity contribution in [3.63, 3.8) is 0 Å². The van der Waals surface area contributed by atoms with Crippen LogP contribution in [0.25, 0.3) is 0 Å². The first-order valence-electron chi connectivity index (χ1n) is 8.36. The van der Waals surface area contributed by atoms with E-state index in [1.165, 1.54) is 0 Å². The summed E-state index contributed by atoms with van der Waals surface area (Å²) in [5, 5.41) is 6.41. The average molecular weight is 391 g/mol. The summed E-state index contributed by atoms with van der Waals surface area (Å²) in [5.41, 5.74) is 7.32. The van der Waals surface area contributed by atoms with Crippen LogP contribution < -0.4 is 25.8 Å². The molecule has 0 fully saturated rings. The van der Waals surface area contributed by atoms with Crippen LogP contribution in [-0.4, -0.2) is 32.6 Å². The predicted molar refractivity (Wildman–Crippen MR) is 109 cm³/mol. The van der Waals surface area contributed by atoms with Crippen molar-refractivity contribution in [3.8, 4) is 11.5 Å². The van der Waals surface area contributed by atoms with E-state index in [0.29, 0.717) is 41.6 Å². The molecule has 1 amide bonds. The summed E-state index contributed by atoms with van der Waals surface area (Å²) in [6.07, 6.45) is 0.920. The highest BCUT2D eigenvalue weighted by atomic mass is 35.5. The molecular formula is C19H23ClN4O3. The number of aliphatic imine (C=N–C) groups is 1. The Hall–Kier alpha value is -2.93. The molecule has 2 rings (SSSR count). The number of guanidine groups is 1. The van der Waals surface area contributed by atoms with E-state index in [1.807, 2.05) is 6.07 Å². The van der Waals surface area contributed by atoms with Gasteiger partial charge in [0.25, 0.3) is 0 Å². The van der Waals surface area contributed by atoms with Crippen molar-refractivity contribution in [2.75, 3.05) is 31.4 Å². The number of amides is 1. The summed E-state index contributed by atoms with van der Waals surface area (Å²) in [6.45, 7) is 0.431. The van der Waals surface area contributed by atoms with Crippen LogP contribution in [0.1, 0.15) is 12.8 Å². The molecule has 0 bridgehead atoms. The van der Waals surface area contributed by atoms with Crippen molar-refractivity contribution in [2.45, 2.75) is 12.8 Å². The van der Waals surface area contributed by atoms with Gasteiger partial charge in [0.05, 0.1) is 14.2 Å². The largest absolute Gasteiger partial charge is 0.493 e. The fraction of sp³-hybridized carbons (Fsp3) is 0.263. The number of nitrogens with zero attached hydrogens (tertiary/aromatic N) is 1. The molecule has 0 saturated carbocycles. The molecule has 144 valence electrons. The van der Waals surface area contributed by atoms with Gasteiger partial charge in [0.1, 0.15) is 0 Å². The quantitative estimate of drug-likeness (QED) is 0.364. The Morgan fingerprint density at radius 1 is 1.04 bits per heavy atom. The predicted octanol–water partition coefficient (Wildman–Crippen LogP) is 3.50. The lowest BCUT2D eigenvalue weighted by atomic mass is 10.2. The molecular weight excluding hydrogens is 368 g/mol. The van der Waals surface area contributed by atoms with Gasteiger partial charge < -0.3 is 25.8 Å². The van der Waals surface area contributed by atoms with Crippen LogP contribution in [-0.2, 0) is 4.79 Å². The Morgan fingerprint density at radius 3 is 2.37 bits per heavy atom. The minimum Gasteiger partial charge on any atom is -0.493 e. The van der Waals surface area contributed by atoms with Crippen LogP contribution in [0.15, 0.2) is 47.5 Å². The van der Waals surface area contributed by atoms with Crippen molar-refractivity contribution in [1.82, 2.24) is 0 Å². The lowest BCUT2D eigenvalue weighted by Gasteiger charge is -2.11. The SMILES string of the molecule is COc1ccc(NC(N)=NCCCC(=O)Nc2ccc(Cl)cc2)cc1OC. The molecule has 0 atom stereocenters. The number of ether oxygens (including phenoxy) is 2. The number of nitrogens with two attached hydrogens (primary N) is 1. The normalized spacial score (nSPS) is 11.0. The summed E-state index contributed by atoms with van der Waals surface area (Å²) in [5.74, 6) is 1.40. The van der Waals surface area contributed by atoms with Crippen LogP contribution in [0.2, 0.25) is 5.02 Å². The van der Waals surface area contributed by atoms with E-state index >= 15 is 0 Å². The molecule has 0 heterocycles. The molecule has 2 aromatic rings. The molecule has 0 unspecified atom stereocenters. The Morgan fingerprint density at radius 2 is 1.70 bits per heavy atom. The van der Waals surface area contributed by atoms with Crippen molar-refractivity contribution in [2.24, 2.45) is 10.7 Å². The average Bonchev–Trinajstić information content (AvgIpc) is 2.67. The molecule has 0 saturated heterocycles. The number of methoxy groups -OCH3 is 2. The molecule has 7 nitrogen and oxygen atoms in total. The molecule has 2 aromatic carbocycles. The zero-order chi connectivity index (χ0) is 19.6. The van der Waals surface area contributed by atoms with Crippen molar-refractivity contribution in [1.29, 1.82) is 0 Å². The minimum absolute atomic E-state index is 0.0843. The van der Waals surface area contributed by atoms with Crippen molar-refractivity contribution >= 4 is 34.8 Å². The number of halogens is 1. The summed E-state index contributed by atoms with van der Waals surface area (Å²) in [4.78, 5) is 16.1. The number of rotatable bonds is 8. The van der Waals surface area contributed by atoms with E-state index in [9.17, 15) is 4.79 Å². The molecule has 0 radical (unpaired) electrons. The second-order valence-electron chi connectivity index (χ2n) is 5.62. The van der Waals surface area contributed by atoms with Gasteiger partial charge in [-0.25, -0.2) is 0 Å². The Kier molecular flexibility index (Phi) is 7.76. The van der Waals surface area contributed by atoms with Gasteiger partial charge in [0.2, 0.25) is 5.91 Å². The first kappa shape index (κ1) is 20.4. The highest BCUT2D eigenvalue weighted by molar-refractivity contribution is 6.30. The first-order chi connectivity index (χ1) is 13.0. The number of nitrogens with one attached hydrogen (secondary N) is 2. The number of benzene rings is 2. The van der Waals surface area contributed by atoms with Gasteiger partial charge in [0, 0.05) is 35.4 Å². The number of hydrogen-bond donors (Lipinski definition) is 3. The molecule has 27 heavy (non-hydrogen) atoms. The number of hydrogen-bond acceptors (Lipinski definition) is 4. The van der Waals surface area contributed by atoms with Gasteiger partial charge in [0.15, 0.2) is 17.5 Å². The lowest BCUT2D eigenvalue weighted by Crippen LogP contribution is -2.23. The van der Waals surface area contributed by atoms with E-state index in [0.717, 1.165) is 5.69 Å². The third kappa shape index (κ3) is 6.71. The fourth-order valence-corrected chi connectivity index (χ4v) is 2.42. The smallest absolute Gasteiger partial charge is 0.224 e. The molecule has 0 aliphatic rings. The summed E-state index contributed by atoms with van der Waals surface area (Å²) >= 11 is 5.81. The molecule has 0 aliphatic heterocycles. The molecule has 4 N–H and O–H groups in total. The van der Waals surface area contributed by atoms with Crippen molar-refractivity contribution in [3.05, 3.63) is 47.5 Å². The number of carbonyl (C=O) groups is 1. The van der Waals surface area contributed by atoms with Crippen LogP contribution in [0.4, 0.5) is 11.4 Å². The second kappa shape index (κ2) is 10.3. The maximum atomic E-state index is 11.9. The third-order valence-electron chi connectivity index (χ3n) is 3.63. The Balaban J connectivity index is 1.77.